The Bertz CT molecular complexity index is 576. The summed E-state index contributed by atoms with van der Waals surface area (Å²) >= 11 is 4.49. The Morgan fingerprint density at radius 2 is 1.70 bits per heavy atom. The highest BCUT2D eigenvalue weighted by Crippen LogP contribution is 2.56. The Balaban J connectivity index is 3.30. The number of nitrogens with zero attached hydrogens (tertiary/aromatic N) is 1. The Hall–Kier alpha value is -0.300. The van der Waals surface area contributed by atoms with Crippen LogP contribution < -0.4 is 0 Å². The average Bonchev–Trinajstić information content (AvgIpc) is 2.33. The fraction of sp³-hybridized carbons (Fsp3) is 0.500. The quantitative estimate of drug-likeness (QED) is 0.219. The van der Waals surface area contributed by atoms with E-state index in [4.69, 9.17) is 0 Å². The van der Waals surface area contributed by atoms with Crippen molar-refractivity contribution in [3.8, 4) is 0 Å². The van der Waals surface area contributed by atoms with E-state index in [0.29, 0.717) is 0 Å². The van der Waals surface area contributed by atoms with Crippen molar-refractivity contribution >= 4 is 43.6 Å². The highest BCUT2D eigenvalue weighted by Gasteiger charge is 2.74. The summed E-state index contributed by atoms with van der Waals surface area (Å²) in [5, 5.41) is 5.30. The Kier molecular flexibility index (Phi) is 5.90. The van der Waals surface area contributed by atoms with Crippen LogP contribution in [0.15, 0.2) is 21.2 Å². The Labute approximate surface area is 145 Å². The second kappa shape index (κ2) is 6.54. The minimum absolute atomic E-state index is 0.270. The molecule has 1 aliphatic carbocycles. The first-order chi connectivity index (χ1) is 10.1. The van der Waals surface area contributed by atoms with Crippen LogP contribution in [-0.2, 0) is 0 Å². The third kappa shape index (κ3) is 3.86. The largest absolute Gasteiger partial charge is 0.460 e. The lowest BCUT2D eigenvalue weighted by atomic mass is 10.0. The number of nitro groups is 1. The van der Waals surface area contributed by atoms with Gasteiger partial charge in [-0.25, -0.2) is 0 Å². The molecule has 0 heterocycles. The molecule has 0 spiro atoms. The van der Waals surface area contributed by atoms with E-state index in [9.17, 15) is 40.8 Å². The van der Waals surface area contributed by atoms with E-state index < -0.39 is 49.5 Å². The summed E-state index contributed by atoms with van der Waals surface area (Å²) in [7, 11) is 0. The summed E-state index contributed by atoms with van der Waals surface area (Å²) in [4.78, 5) is 7.93. The molecule has 0 amide bonds. The number of thioether (sulfide) groups is 1. The van der Waals surface area contributed by atoms with E-state index in [-0.39, 0.29) is 10.4 Å². The fourth-order valence-electron chi connectivity index (χ4n) is 1.37. The van der Waals surface area contributed by atoms with Crippen LogP contribution in [0.25, 0.3) is 0 Å². The minimum Gasteiger partial charge on any atom is -0.258 e. The molecule has 13 heteroatoms. The summed E-state index contributed by atoms with van der Waals surface area (Å²) in [5.74, 6) is -6.09. The van der Waals surface area contributed by atoms with Crippen molar-refractivity contribution in [3.05, 3.63) is 37.2 Å². The standard InChI is InChI=1S/C10H5Br2F7NO2S/c1-3-4(11)2-5(7(6(3)12)20(21)22)23-10(18,19)8(13,14)9(15,16)17/h2,4H,1H3. The van der Waals surface area contributed by atoms with Gasteiger partial charge >= 0.3 is 17.4 Å². The van der Waals surface area contributed by atoms with E-state index in [1.54, 1.807) is 0 Å². The summed E-state index contributed by atoms with van der Waals surface area (Å²) in [6.45, 7) is 1.38. The van der Waals surface area contributed by atoms with Crippen LogP contribution in [0.3, 0.4) is 0 Å². The molecule has 3 nitrogen and oxygen atoms in total. The van der Waals surface area contributed by atoms with Crippen molar-refractivity contribution in [2.45, 2.75) is 29.1 Å². The Morgan fingerprint density at radius 3 is 2.09 bits per heavy atom. The normalized spacial score (nSPS) is 21.5. The van der Waals surface area contributed by atoms with Gasteiger partial charge in [-0.2, -0.15) is 30.7 Å². The zero-order valence-corrected chi connectivity index (χ0v) is 14.7. The summed E-state index contributed by atoms with van der Waals surface area (Å²) in [6.07, 6.45) is -5.74. The number of rotatable bonds is 4. The fourth-order valence-corrected chi connectivity index (χ4v) is 4.08. The highest BCUT2D eigenvalue weighted by atomic mass is 79.9. The van der Waals surface area contributed by atoms with Gasteiger partial charge in [0.05, 0.1) is 14.3 Å². The van der Waals surface area contributed by atoms with Crippen LogP contribution in [0.4, 0.5) is 30.7 Å². The second-order valence-corrected chi connectivity index (χ2v) is 7.16. The topological polar surface area (TPSA) is 43.1 Å². The highest BCUT2D eigenvalue weighted by molar-refractivity contribution is 9.12. The molecule has 0 N–H and O–H groups in total. The molecule has 1 atom stereocenters. The summed E-state index contributed by atoms with van der Waals surface area (Å²) in [5.41, 5.74) is -1.01. The van der Waals surface area contributed by atoms with Crippen LogP contribution in [0.5, 0.6) is 0 Å². The lowest BCUT2D eigenvalue weighted by Crippen LogP contribution is -2.50. The molecule has 0 aliphatic heterocycles. The maximum atomic E-state index is 13.4. The maximum Gasteiger partial charge on any atom is 0.460 e. The van der Waals surface area contributed by atoms with Crippen LogP contribution in [0, 0.1) is 16.0 Å². The van der Waals surface area contributed by atoms with Gasteiger partial charge in [0.2, 0.25) is 0 Å². The Morgan fingerprint density at radius 1 is 1.22 bits per heavy atom. The lowest BCUT2D eigenvalue weighted by Gasteiger charge is -2.29. The molecule has 0 saturated carbocycles. The van der Waals surface area contributed by atoms with Gasteiger partial charge in [0, 0.05) is 10.7 Å². The van der Waals surface area contributed by atoms with Gasteiger partial charge in [-0.05, 0) is 33.8 Å². The summed E-state index contributed by atoms with van der Waals surface area (Å²) in [6, 6.07) is 0. The summed E-state index contributed by atoms with van der Waals surface area (Å²) < 4.78 is 88.8. The van der Waals surface area contributed by atoms with Gasteiger partial charge < -0.3 is 0 Å². The van der Waals surface area contributed by atoms with Gasteiger partial charge in [0.1, 0.15) is 0 Å². The number of allylic oxidation sites excluding steroid dienone is 2. The number of hydrogen-bond donors (Lipinski definition) is 0. The lowest BCUT2D eigenvalue weighted by molar-refractivity contribution is -0.420. The van der Waals surface area contributed by atoms with Crippen molar-refractivity contribution in [1.29, 1.82) is 0 Å². The van der Waals surface area contributed by atoms with Crippen molar-refractivity contribution < 1.29 is 35.7 Å². The molecule has 0 aromatic rings. The molecule has 0 saturated heterocycles. The number of halogens is 9. The van der Waals surface area contributed by atoms with Gasteiger partial charge in [-0.15, -0.1) is 0 Å². The first-order valence-corrected chi connectivity index (χ1v) is 7.91. The zero-order valence-electron chi connectivity index (χ0n) is 10.7. The third-order valence-corrected chi connectivity index (χ3v) is 5.66. The molecule has 1 aliphatic rings. The molecular weight excluding hydrogens is 491 g/mol. The molecule has 131 valence electrons. The molecule has 0 aromatic carbocycles. The first-order valence-electron chi connectivity index (χ1n) is 5.39. The molecule has 0 fully saturated rings. The first kappa shape index (κ1) is 20.7. The van der Waals surface area contributed by atoms with Crippen LogP contribution in [0.2, 0.25) is 0 Å². The van der Waals surface area contributed by atoms with E-state index in [1.165, 1.54) is 6.92 Å². The smallest absolute Gasteiger partial charge is 0.258 e. The molecule has 23 heavy (non-hydrogen) atoms. The van der Waals surface area contributed by atoms with Gasteiger partial charge in [-0.1, -0.05) is 22.9 Å². The van der Waals surface area contributed by atoms with Crippen molar-refractivity contribution in [3.63, 3.8) is 0 Å². The van der Waals surface area contributed by atoms with Crippen LogP contribution in [0.1, 0.15) is 6.92 Å². The van der Waals surface area contributed by atoms with Gasteiger partial charge in [0.15, 0.2) is 0 Å². The van der Waals surface area contributed by atoms with E-state index in [1.807, 2.05) is 0 Å². The molecule has 0 aromatic heterocycles. The molecule has 1 radical (unpaired) electrons. The van der Waals surface area contributed by atoms with Crippen LogP contribution >= 0.6 is 43.6 Å². The average molecular weight is 496 g/mol. The van der Waals surface area contributed by atoms with Crippen LogP contribution in [-0.4, -0.2) is 27.1 Å². The molecular formula is C10H5Br2F7NO2S. The maximum absolute atomic E-state index is 13.4. The van der Waals surface area contributed by atoms with E-state index >= 15 is 0 Å². The van der Waals surface area contributed by atoms with Gasteiger partial charge in [-0.3, -0.25) is 10.1 Å². The molecule has 1 unspecified atom stereocenters. The number of alkyl halides is 8. The predicted molar refractivity (Wildman–Crippen MR) is 76.2 cm³/mol. The van der Waals surface area contributed by atoms with Gasteiger partial charge in [0.25, 0.3) is 5.70 Å². The predicted octanol–water partition coefficient (Wildman–Crippen LogP) is 5.65. The second-order valence-electron chi connectivity index (χ2n) is 4.23. The van der Waals surface area contributed by atoms with Crippen molar-refractivity contribution in [2.24, 2.45) is 0 Å². The number of hydrogen-bond acceptors (Lipinski definition) is 3. The molecule has 0 bridgehead atoms. The van der Waals surface area contributed by atoms with E-state index in [2.05, 4.69) is 31.9 Å². The SMILES string of the molecule is C[C]1C(Br)=C([N+](=O)[O-])C(SC(F)(F)C(F)(F)C(F)(F)F)=CC1Br. The zero-order chi connectivity index (χ0) is 18.4. The molecule has 1 rings (SSSR count). The monoisotopic (exact) mass is 494 g/mol. The minimum atomic E-state index is -6.51. The van der Waals surface area contributed by atoms with E-state index in [0.717, 1.165) is 6.08 Å². The van der Waals surface area contributed by atoms with Crippen molar-refractivity contribution in [1.82, 2.24) is 0 Å². The third-order valence-electron chi connectivity index (χ3n) is 2.64. The van der Waals surface area contributed by atoms with Crippen molar-refractivity contribution in [2.75, 3.05) is 0 Å².